The molecule has 0 radical (unpaired) electrons. The Hall–Kier alpha value is -1.00. The van der Waals surface area contributed by atoms with E-state index in [1.165, 1.54) is 18.2 Å². The number of rotatable bonds is 4. The fourth-order valence-corrected chi connectivity index (χ4v) is 2.07. The van der Waals surface area contributed by atoms with Crippen molar-refractivity contribution in [2.24, 2.45) is 5.92 Å². The highest BCUT2D eigenvalue weighted by molar-refractivity contribution is 5.19. The molecule has 0 amide bonds. The van der Waals surface area contributed by atoms with Crippen LogP contribution in [-0.2, 0) is 11.3 Å². The first-order valence-electron chi connectivity index (χ1n) is 5.98. The van der Waals surface area contributed by atoms with E-state index in [-0.39, 0.29) is 12.1 Å². The highest BCUT2D eigenvalue weighted by Crippen LogP contribution is 2.14. The van der Waals surface area contributed by atoms with Crippen LogP contribution in [0.3, 0.4) is 0 Å². The van der Waals surface area contributed by atoms with E-state index < -0.39 is 11.6 Å². The van der Waals surface area contributed by atoms with Gasteiger partial charge in [-0.25, -0.2) is 8.78 Å². The summed E-state index contributed by atoms with van der Waals surface area (Å²) in [5, 5.41) is 3.09. The van der Waals surface area contributed by atoms with Crippen molar-refractivity contribution in [3.05, 3.63) is 35.4 Å². The summed E-state index contributed by atoms with van der Waals surface area (Å²) in [6.07, 6.45) is 2.19. The lowest BCUT2D eigenvalue weighted by Gasteiger charge is -2.22. The number of hydrogen-bond donors (Lipinski definition) is 1. The highest BCUT2D eigenvalue weighted by Gasteiger charge is 2.14. The van der Waals surface area contributed by atoms with Crippen LogP contribution in [0, 0.1) is 17.6 Å². The first kappa shape index (κ1) is 12.5. The molecule has 0 saturated carbocycles. The number of benzene rings is 1. The fourth-order valence-electron chi connectivity index (χ4n) is 2.07. The summed E-state index contributed by atoms with van der Waals surface area (Å²) in [5.41, 5.74) is 0.115. The van der Waals surface area contributed by atoms with Gasteiger partial charge in [-0.15, -0.1) is 0 Å². The zero-order valence-corrected chi connectivity index (χ0v) is 9.72. The van der Waals surface area contributed by atoms with Crippen molar-refractivity contribution in [3.8, 4) is 0 Å². The molecule has 1 heterocycles. The molecule has 1 atom stereocenters. The molecule has 0 aliphatic carbocycles. The summed E-state index contributed by atoms with van der Waals surface area (Å²) in [4.78, 5) is 0. The van der Waals surface area contributed by atoms with Gasteiger partial charge in [0.25, 0.3) is 0 Å². The standard InChI is InChI=1S/C13H17F2NO/c14-12-4-1-5-13(15)11(12)8-16-7-10-3-2-6-17-9-10/h1,4-5,10,16H,2-3,6-9H2. The Bertz CT molecular complexity index is 344. The van der Waals surface area contributed by atoms with Crippen LogP contribution < -0.4 is 5.32 Å². The molecule has 2 rings (SSSR count). The van der Waals surface area contributed by atoms with Gasteiger partial charge in [-0.3, -0.25) is 0 Å². The van der Waals surface area contributed by atoms with E-state index in [1.54, 1.807) is 0 Å². The molecule has 17 heavy (non-hydrogen) atoms. The lowest BCUT2D eigenvalue weighted by Crippen LogP contribution is -2.29. The lowest BCUT2D eigenvalue weighted by atomic mass is 10.0. The fraction of sp³-hybridized carbons (Fsp3) is 0.538. The monoisotopic (exact) mass is 241 g/mol. The molecule has 1 aliphatic heterocycles. The van der Waals surface area contributed by atoms with Crippen molar-refractivity contribution in [1.29, 1.82) is 0 Å². The zero-order valence-electron chi connectivity index (χ0n) is 9.72. The molecular weight excluding hydrogens is 224 g/mol. The van der Waals surface area contributed by atoms with Crippen molar-refractivity contribution in [3.63, 3.8) is 0 Å². The lowest BCUT2D eigenvalue weighted by molar-refractivity contribution is 0.0547. The van der Waals surface area contributed by atoms with E-state index in [1.807, 2.05) is 0 Å². The predicted molar refractivity (Wildman–Crippen MR) is 61.6 cm³/mol. The van der Waals surface area contributed by atoms with E-state index in [4.69, 9.17) is 4.74 Å². The van der Waals surface area contributed by atoms with Crippen LogP contribution in [0.25, 0.3) is 0 Å². The molecule has 0 spiro atoms. The van der Waals surface area contributed by atoms with E-state index in [0.29, 0.717) is 5.92 Å². The second-order valence-electron chi connectivity index (χ2n) is 4.41. The second-order valence-corrected chi connectivity index (χ2v) is 4.41. The Morgan fingerprint density at radius 2 is 2.06 bits per heavy atom. The van der Waals surface area contributed by atoms with Gasteiger partial charge in [0, 0.05) is 25.3 Å². The van der Waals surface area contributed by atoms with Crippen molar-refractivity contribution < 1.29 is 13.5 Å². The number of hydrogen-bond acceptors (Lipinski definition) is 2. The quantitative estimate of drug-likeness (QED) is 0.874. The predicted octanol–water partition coefficient (Wildman–Crippen LogP) is 2.48. The maximum atomic E-state index is 13.3. The van der Waals surface area contributed by atoms with Gasteiger partial charge in [0.1, 0.15) is 11.6 Å². The molecule has 1 unspecified atom stereocenters. The van der Waals surface area contributed by atoms with Crippen LogP contribution in [0.4, 0.5) is 8.78 Å². The second kappa shape index (κ2) is 6.07. The molecule has 0 aromatic heterocycles. The summed E-state index contributed by atoms with van der Waals surface area (Å²) >= 11 is 0. The van der Waals surface area contributed by atoms with Crippen LogP contribution in [0.2, 0.25) is 0 Å². The van der Waals surface area contributed by atoms with Gasteiger partial charge in [-0.2, -0.15) is 0 Å². The van der Waals surface area contributed by atoms with Gasteiger partial charge in [0.05, 0.1) is 6.61 Å². The summed E-state index contributed by atoms with van der Waals surface area (Å²) < 4.78 is 32.0. The SMILES string of the molecule is Fc1cccc(F)c1CNCC1CCCOC1. The summed E-state index contributed by atoms with van der Waals surface area (Å²) in [5.74, 6) is -0.520. The number of nitrogens with one attached hydrogen (secondary N) is 1. The molecule has 1 saturated heterocycles. The zero-order chi connectivity index (χ0) is 12.1. The first-order valence-corrected chi connectivity index (χ1v) is 5.98. The summed E-state index contributed by atoms with van der Waals surface area (Å²) in [7, 11) is 0. The van der Waals surface area contributed by atoms with Crippen LogP contribution in [0.1, 0.15) is 18.4 Å². The Kier molecular flexibility index (Phi) is 4.45. The molecule has 0 bridgehead atoms. The Morgan fingerprint density at radius 3 is 2.71 bits per heavy atom. The minimum atomic E-state index is -0.489. The minimum Gasteiger partial charge on any atom is -0.381 e. The smallest absolute Gasteiger partial charge is 0.130 e. The Morgan fingerprint density at radius 1 is 1.29 bits per heavy atom. The van der Waals surface area contributed by atoms with Crippen molar-refractivity contribution in [2.75, 3.05) is 19.8 Å². The third-order valence-corrected chi connectivity index (χ3v) is 3.05. The maximum absolute atomic E-state index is 13.3. The van der Waals surface area contributed by atoms with Gasteiger partial charge in [-0.05, 0) is 30.9 Å². The van der Waals surface area contributed by atoms with E-state index in [0.717, 1.165) is 32.6 Å². The van der Waals surface area contributed by atoms with Crippen LogP contribution in [0.15, 0.2) is 18.2 Å². The molecule has 1 aromatic rings. The molecule has 4 heteroatoms. The van der Waals surface area contributed by atoms with Crippen molar-refractivity contribution in [2.45, 2.75) is 19.4 Å². The van der Waals surface area contributed by atoms with Crippen molar-refractivity contribution in [1.82, 2.24) is 5.32 Å². The van der Waals surface area contributed by atoms with Gasteiger partial charge >= 0.3 is 0 Å². The molecule has 1 fully saturated rings. The van der Waals surface area contributed by atoms with Crippen molar-refractivity contribution >= 4 is 0 Å². The number of ether oxygens (including phenoxy) is 1. The average Bonchev–Trinajstić information content (AvgIpc) is 2.34. The number of halogens is 2. The minimum absolute atomic E-state index is 0.115. The maximum Gasteiger partial charge on any atom is 0.130 e. The summed E-state index contributed by atoms with van der Waals surface area (Å²) in [6.45, 7) is 2.55. The van der Waals surface area contributed by atoms with E-state index in [9.17, 15) is 8.78 Å². The molecule has 94 valence electrons. The van der Waals surface area contributed by atoms with E-state index >= 15 is 0 Å². The van der Waals surface area contributed by atoms with Gasteiger partial charge < -0.3 is 10.1 Å². The Labute approximate surface area is 100.0 Å². The molecule has 2 nitrogen and oxygen atoms in total. The normalized spacial score (nSPS) is 20.5. The van der Waals surface area contributed by atoms with Crippen LogP contribution >= 0.6 is 0 Å². The van der Waals surface area contributed by atoms with E-state index in [2.05, 4.69) is 5.32 Å². The summed E-state index contributed by atoms with van der Waals surface area (Å²) in [6, 6.07) is 3.94. The molecule has 1 aromatic carbocycles. The average molecular weight is 241 g/mol. The van der Waals surface area contributed by atoms with Crippen LogP contribution in [0.5, 0.6) is 0 Å². The largest absolute Gasteiger partial charge is 0.381 e. The highest BCUT2D eigenvalue weighted by atomic mass is 19.1. The van der Waals surface area contributed by atoms with Gasteiger partial charge in [-0.1, -0.05) is 6.07 Å². The van der Waals surface area contributed by atoms with Gasteiger partial charge in [0.2, 0.25) is 0 Å². The molecule has 1 N–H and O–H groups in total. The third-order valence-electron chi connectivity index (χ3n) is 3.05. The molecule has 1 aliphatic rings. The first-order chi connectivity index (χ1) is 8.27. The molecular formula is C13H17F2NO. The van der Waals surface area contributed by atoms with Gasteiger partial charge in [0.15, 0.2) is 0 Å². The van der Waals surface area contributed by atoms with Crippen LogP contribution in [-0.4, -0.2) is 19.8 Å². The third kappa shape index (κ3) is 3.48. The Balaban J connectivity index is 1.81. The topological polar surface area (TPSA) is 21.3 Å².